The number of carboxylic acids is 1. The largest absolute Gasteiger partial charge is 0.481 e. The minimum atomic E-state index is -0.912. The van der Waals surface area contributed by atoms with Gasteiger partial charge in [0.2, 0.25) is 0 Å². The van der Waals surface area contributed by atoms with Gasteiger partial charge in [-0.15, -0.1) is 0 Å². The number of hydrogen-bond acceptors (Lipinski definition) is 3. The zero-order valence-corrected chi connectivity index (χ0v) is 9.08. The predicted octanol–water partition coefficient (Wildman–Crippen LogP) is 1.69. The number of thiophene rings is 1. The number of carboxylic acid groups (broad SMARTS) is 1. The van der Waals surface area contributed by atoms with Gasteiger partial charge in [-0.2, -0.15) is 11.3 Å². The molecule has 0 saturated carbocycles. The molecule has 0 spiro atoms. The van der Waals surface area contributed by atoms with E-state index in [0.29, 0.717) is 0 Å². The van der Waals surface area contributed by atoms with E-state index in [2.05, 4.69) is 5.32 Å². The van der Waals surface area contributed by atoms with Crippen molar-refractivity contribution in [3.8, 4) is 0 Å². The second-order valence-corrected chi connectivity index (χ2v) is 3.79. The van der Waals surface area contributed by atoms with Crippen LogP contribution in [0.1, 0.15) is 6.42 Å². The van der Waals surface area contributed by atoms with Gasteiger partial charge in [-0.3, -0.25) is 4.79 Å². The number of anilines is 1. The van der Waals surface area contributed by atoms with Crippen LogP contribution in [0, 0.1) is 0 Å². The molecule has 82 valence electrons. The summed E-state index contributed by atoms with van der Waals surface area (Å²) in [7, 11) is 1.56. The molecule has 0 aliphatic rings. The first-order valence-electron chi connectivity index (χ1n) is 4.35. The SMILES string of the molecule is CN(CCC(=O)O)C(=O)Nc1ccsc1. The minimum absolute atomic E-state index is 0.0481. The van der Waals surface area contributed by atoms with Gasteiger partial charge in [0.15, 0.2) is 0 Å². The number of nitrogens with one attached hydrogen (secondary N) is 1. The van der Waals surface area contributed by atoms with Crippen LogP contribution in [0.5, 0.6) is 0 Å². The second-order valence-electron chi connectivity index (χ2n) is 3.01. The van der Waals surface area contributed by atoms with Crippen molar-refractivity contribution < 1.29 is 14.7 Å². The molecule has 1 heterocycles. The molecule has 0 bridgehead atoms. The highest BCUT2D eigenvalue weighted by atomic mass is 32.1. The molecule has 1 aromatic rings. The fourth-order valence-electron chi connectivity index (χ4n) is 0.919. The fourth-order valence-corrected chi connectivity index (χ4v) is 1.51. The lowest BCUT2D eigenvalue weighted by atomic mass is 10.4. The van der Waals surface area contributed by atoms with Crippen LogP contribution >= 0.6 is 11.3 Å². The number of hydrogen-bond donors (Lipinski definition) is 2. The van der Waals surface area contributed by atoms with Crippen molar-refractivity contribution >= 4 is 29.0 Å². The van der Waals surface area contributed by atoms with Crippen molar-refractivity contribution in [3.63, 3.8) is 0 Å². The Hall–Kier alpha value is -1.56. The number of rotatable bonds is 4. The number of carbonyl (C=O) groups is 2. The van der Waals surface area contributed by atoms with Crippen LogP contribution in [0.4, 0.5) is 10.5 Å². The number of urea groups is 1. The van der Waals surface area contributed by atoms with E-state index in [1.807, 2.05) is 10.8 Å². The van der Waals surface area contributed by atoms with Crippen LogP contribution < -0.4 is 5.32 Å². The van der Waals surface area contributed by atoms with Gasteiger partial charge in [0.1, 0.15) is 0 Å². The monoisotopic (exact) mass is 228 g/mol. The van der Waals surface area contributed by atoms with Crippen LogP contribution in [0.15, 0.2) is 16.8 Å². The summed E-state index contributed by atoms with van der Waals surface area (Å²) >= 11 is 1.48. The first-order chi connectivity index (χ1) is 7.09. The number of amides is 2. The Morgan fingerprint density at radius 2 is 2.33 bits per heavy atom. The van der Waals surface area contributed by atoms with Crippen molar-refractivity contribution in [2.75, 3.05) is 18.9 Å². The van der Waals surface area contributed by atoms with E-state index in [-0.39, 0.29) is 19.0 Å². The van der Waals surface area contributed by atoms with Gasteiger partial charge >= 0.3 is 12.0 Å². The van der Waals surface area contributed by atoms with E-state index in [1.54, 1.807) is 13.1 Å². The second kappa shape index (κ2) is 5.35. The van der Waals surface area contributed by atoms with Crippen LogP contribution in [0.2, 0.25) is 0 Å². The quantitative estimate of drug-likeness (QED) is 0.823. The highest BCUT2D eigenvalue weighted by molar-refractivity contribution is 7.08. The molecule has 0 aliphatic carbocycles. The summed E-state index contributed by atoms with van der Waals surface area (Å²) in [6, 6.07) is 1.49. The summed E-state index contributed by atoms with van der Waals surface area (Å²) in [6.07, 6.45) is -0.0481. The number of aliphatic carboxylic acids is 1. The predicted molar refractivity (Wildman–Crippen MR) is 58.2 cm³/mol. The summed E-state index contributed by atoms with van der Waals surface area (Å²) in [5, 5.41) is 14.8. The summed E-state index contributed by atoms with van der Waals surface area (Å²) in [5.74, 6) is -0.912. The van der Waals surface area contributed by atoms with Crippen molar-refractivity contribution in [2.24, 2.45) is 0 Å². The molecule has 0 atom stereocenters. The molecule has 0 fully saturated rings. The Morgan fingerprint density at radius 3 is 2.87 bits per heavy atom. The topological polar surface area (TPSA) is 69.6 Å². The fraction of sp³-hybridized carbons (Fsp3) is 0.333. The first kappa shape index (κ1) is 11.5. The lowest BCUT2D eigenvalue weighted by molar-refractivity contribution is -0.137. The third-order valence-corrected chi connectivity index (χ3v) is 2.46. The van der Waals surface area contributed by atoms with Crippen LogP contribution in [0.25, 0.3) is 0 Å². The molecule has 0 aliphatic heterocycles. The molecule has 0 saturated heterocycles. The molecule has 2 N–H and O–H groups in total. The molecule has 5 nitrogen and oxygen atoms in total. The molecule has 1 rings (SSSR count). The molecule has 2 amide bonds. The van der Waals surface area contributed by atoms with E-state index < -0.39 is 5.97 Å². The lowest BCUT2D eigenvalue weighted by Gasteiger charge is -2.16. The summed E-state index contributed by atoms with van der Waals surface area (Å²) in [5.41, 5.74) is 0.729. The minimum Gasteiger partial charge on any atom is -0.481 e. The van der Waals surface area contributed by atoms with Crippen molar-refractivity contribution in [1.82, 2.24) is 4.90 Å². The highest BCUT2D eigenvalue weighted by Crippen LogP contribution is 2.12. The third kappa shape index (κ3) is 3.99. The van der Waals surface area contributed by atoms with Gasteiger partial charge in [-0.25, -0.2) is 4.79 Å². The van der Waals surface area contributed by atoms with E-state index in [0.717, 1.165) is 5.69 Å². The van der Waals surface area contributed by atoms with Crippen molar-refractivity contribution in [1.29, 1.82) is 0 Å². The molecule has 0 radical (unpaired) electrons. The summed E-state index contributed by atoms with van der Waals surface area (Å²) in [6.45, 7) is 0.200. The smallest absolute Gasteiger partial charge is 0.321 e. The summed E-state index contributed by atoms with van der Waals surface area (Å²) < 4.78 is 0. The molecular weight excluding hydrogens is 216 g/mol. The molecule has 0 unspecified atom stereocenters. The maximum absolute atomic E-state index is 11.4. The zero-order chi connectivity index (χ0) is 11.3. The van der Waals surface area contributed by atoms with Crippen molar-refractivity contribution in [2.45, 2.75) is 6.42 Å². The Balaban J connectivity index is 2.36. The van der Waals surface area contributed by atoms with Gasteiger partial charge in [0, 0.05) is 19.0 Å². The van der Waals surface area contributed by atoms with Crippen LogP contribution in [-0.4, -0.2) is 35.6 Å². The highest BCUT2D eigenvalue weighted by Gasteiger charge is 2.09. The average Bonchev–Trinajstić information content (AvgIpc) is 2.66. The maximum Gasteiger partial charge on any atom is 0.321 e. The Labute approximate surface area is 91.3 Å². The molecule has 15 heavy (non-hydrogen) atoms. The standard InChI is InChI=1S/C9H12N2O3S/c1-11(4-2-8(12)13)9(14)10-7-3-5-15-6-7/h3,5-6H,2,4H2,1H3,(H,10,14)(H,12,13). The average molecular weight is 228 g/mol. The Bertz CT molecular complexity index is 337. The van der Waals surface area contributed by atoms with E-state index >= 15 is 0 Å². The molecule has 1 aromatic heterocycles. The van der Waals surface area contributed by atoms with Gasteiger partial charge in [0.05, 0.1) is 12.1 Å². The molecule has 6 heteroatoms. The number of nitrogens with zero attached hydrogens (tertiary/aromatic N) is 1. The lowest BCUT2D eigenvalue weighted by Crippen LogP contribution is -2.32. The third-order valence-electron chi connectivity index (χ3n) is 1.78. The van der Waals surface area contributed by atoms with E-state index in [9.17, 15) is 9.59 Å². The normalized spacial score (nSPS) is 9.67. The zero-order valence-electron chi connectivity index (χ0n) is 8.27. The van der Waals surface area contributed by atoms with Gasteiger partial charge in [-0.1, -0.05) is 0 Å². The Morgan fingerprint density at radius 1 is 1.60 bits per heavy atom. The van der Waals surface area contributed by atoms with Crippen LogP contribution in [0.3, 0.4) is 0 Å². The molecular formula is C9H12N2O3S. The maximum atomic E-state index is 11.4. The van der Waals surface area contributed by atoms with E-state index in [1.165, 1.54) is 16.2 Å². The first-order valence-corrected chi connectivity index (χ1v) is 5.30. The van der Waals surface area contributed by atoms with Crippen molar-refractivity contribution in [3.05, 3.63) is 16.8 Å². The van der Waals surface area contributed by atoms with Gasteiger partial charge < -0.3 is 15.3 Å². The van der Waals surface area contributed by atoms with Gasteiger partial charge in [0.25, 0.3) is 0 Å². The molecule has 0 aromatic carbocycles. The Kier molecular flexibility index (Phi) is 4.11. The van der Waals surface area contributed by atoms with Crippen LogP contribution in [-0.2, 0) is 4.79 Å². The van der Waals surface area contributed by atoms with Gasteiger partial charge in [-0.05, 0) is 11.4 Å². The summed E-state index contributed by atoms with van der Waals surface area (Å²) in [4.78, 5) is 23.1. The number of carbonyl (C=O) groups excluding carboxylic acids is 1. The van der Waals surface area contributed by atoms with E-state index in [4.69, 9.17) is 5.11 Å².